The second-order valence-electron chi connectivity index (χ2n) is 5.56. The summed E-state index contributed by atoms with van der Waals surface area (Å²) >= 11 is 3.25. The monoisotopic (exact) mass is 359 g/mol. The van der Waals surface area contributed by atoms with Gasteiger partial charge in [-0.15, -0.1) is 0 Å². The maximum atomic E-state index is 13.9. The zero-order chi connectivity index (χ0) is 15.1. The number of nitrogens with one attached hydrogen (secondary N) is 1. The first kappa shape index (κ1) is 15.4. The van der Waals surface area contributed by atoms with E-state index in [4.69, 9.17) is 0 Å². The van der Waals surface area contributed by atoms with Gasteiger partial charge in [0.15, 0.2) is 0 Å². The van der Waals surface area contributed by atoms with Crippen LogP contribution in [-0.2, 0) is 10.0 Å². The molecule has 3 nitrogen and oxygen atoms in total. The van der Waals surface area contributed by atoms with Crippen LogP contribution >= 0.6 is 15.9 Å². The standard InChI is InChI=1S/C14H15BrFNO2S/c1-14(2,3)17-20(18,19)12-8-7-10(15)13-9(12)5-4-6-11(13)16/h4-8,17H,1-3H3. The normalized spacial score (nSPS) is 12.8. The van der Waals surface area contributed by atoms with Gasteiger partial charge in [0.1, 0.15) is 5.82 Å². The van der Waals surface area contributed by atoms with E-state index in [0.29, 0.717) is 9.86 Å². The number of fused-ring (bicyclic) bond motifs is 1. The van der Waals surface area contributed by atoms with E-state index in [1.807, 2.05) is 0 Å². The predicted octanol–water partition coefficient (Wildman–Crippen LogP) is 3.82. The molecule has 2 aromatic carbocycles. The lowest BCUT2D eigenvalue weighted by Gasteiger charge is -2.21. The molecule has 0 fully saturated rings. The van der Waals surface area contributed by atoms with Crippen molar-refractivity contribution >= 4 is 36.7 Å². The highest BCUT2D eigenvalue weighted by Gasteiger charge is 2.24. The Bertz CT molecular complexity index is 758. The first-order valence-corrected chi connectivity index (χ1v) is 8.30. The van der Waals surface area contributed by atoms with E-state index >= 15 is 0 Å². The average Bonchev–Trinajstić information content (AvgIpc) is 2.25. The van der Waals surface area contributed by atoms with Gasteiger partial charge in [-0.05, 0) is 39.0 Å². The molecule has 0 amide bonds. The highest BCUT2D eigenvalue weighted by molar-refractivity contribution is 9.10. The van der Waals surface area contributed by atoms with Crippen LogP contribution in [0.3, 0.4) is 0 Å². The van der Waals surface area contributed by atoms with Gasteiger partial charge in [0.05, 0.1) is 4.90 Å². The van der Waals surface area contributed by atoms with Crippen molar-refractivity contribution in [1.82, 2.24) is 4.72 Å². The molecule has 2 rings (SSSR count). The maximum absolute atomic E-state index is 13.9. The predicted molar refractivity (Wildman–Crippen MR) is 81.7 cm³/mol. The Balaban J connectivity index is 2.74. The van der Waals surface area contributed by atoms with Crippen molar-refractivity contribution in [2.45, 2.75) is 31.2 Å². The Kier molecular flexibility index (Phi) is 3.92. The fourth-order valence-corrected chi connectivity index (χ4v) is 4.14. The molecule has 0 radical (unpaired) electrons. The molecule has 0 aromatic heterocycles. The number of rotatable bonds is 2. The lowest BCUT2D eigenvalue weighted by molar-refractivity contribution is 0.492. The molecule has 1 N–H and O–H groups in total. The summed E-state index contributed by atoms with van der Waals surface area (Å²) in [5.41, 5.74) is -0.606. The van der Waals surface area contributed by atoms with Gasteiger partial charge >= 0.3 is 0 Å². The van der Waals surface area contributed by atoms with Gasteiger partial charge in [-0.1, -0.05) is 28.1 Å². The molecule has 20 heavy (non-hydrogen) atoms. The molecule has 0 bridgehead atoms. The van der Waals surface area contributed by atoms with Gasteiger partial charge in [0, 0.05) is 20.8 Å². The fraction of sp³-hybridized carbons (Fsp3) is 0.286. The summed E-state index contributed by atoms with van der Waals surface area (Å²) in [4.78, 5) is 0.0742. The van der Waals surface area contributed by atoms with Crippen LogP contribution in [0.2, 0.25) is 0 Å². The van der Waals surface area contributed by atoms with Crippen molar-refractivity contribution in [3.05, 3.63) is 40.6 Å². The van der Waals surface area contributed by atoms with Crippen LogP contribution in [0.1, 0.15) is 20.8 Å². The van der Waals surface area contributed by atoms with Crippen LogP contribution in [0.15, 0.2) is 39.7 Å². The maximum Gasteiger partial charge on any atom is 0.241 e. The third kappa shape index (κ3) is 3.02. The van der Waals surface area contributed by atoms with Crippen LogP contribution in [0.25, 0.3) is 10.8 Å². The lowest BCUT2D eigenvalue weighted by Crippen LogP contribution is -2.40. The van der Waals surface area contributed by atoms with Crippen LogP contribution in [0, 0.1) is 5.82 Å². The van der Waals surface area contributed by atoms with Crippen molar-refractivity contribution in [1.29, 1.82) is 0 Å². The number of hydrogen-bond acceptors (Lipinski definition) is 2. The highest BCUT2D eigenvalue weighted by Crippen LogP contribution is 2.31. The number of benzene rings is 2. The largest absolute Gasteiger partial charge is 0.241 e. The third-order valence-corrected chi connectivity index (χ3v) is 5.11. The van der Waals surface area contributed by atoms with E-state index < -0.39 is 21.4 Å². The first-order chi connectivity index (χ1) is 9.12. The van der Waals surface area contributed by atoms with E-state index in [2.05, 4.69) is 20.7 Å². The molecule has 0 saturated heterocycles. The number of hydrogen-bond donors (Lipinski definition) is 1. The smallest absolute Gasteiger partial charge is 0.207 e. The Labute approximate surface area is 126 Å². The summed E-state index contributed by atoms with van der Waals surface area (Å²) in [5, 5.41) is 0.625. The molecule has 0 unspecified atom stereocenters. The summed E-state index contributed by atoms with van der Waals surface area (Å²) in [6.07, 6.45) is 0. The SMILES string of the molecule is CC(C)(C)NS(=O)(=O)c1ccc(Br)c2c(F)cccc12. The lowest BCUT2D eigenvalue weighted by atomic mass is 10.1. The summed E-state index contributed by atoms with van der Waals surface area (Å²) in [5.74, 6) is -0.456. The van der Waals surface area contributed by atoms with E-state index in [-0.39, 0.29) is 10.3 Å². The average molecular weight is 360 g/mol. The summed E-state index contributed by atoms with van der Waals surface area (Å²) < 4.78 is 41.9. The van der Waals surface area contributed by atoms with Gasteiger partial charge in [-0.3, -0.25) is 0 Å². The molecular weight excluding hydrogens is 345 g/mol. The van der Waals surface area contributed by atoms with Crippen molar-refractivity contribution < 1.29 is 12.8 Å². The van der Waals surface area contributed by atoms with Crippen LogP contribution in [0.5, 0.6) is 0 Å². The van der Waals surface area contributed by atoms with E-state index in [1.165, 1.54) is 18.2 Å². The number of halogens is 2. The summed E-state index contributed by atoms with van der Waals surface area (Å²) in [6.45, 7) is 5.27. The second-order valence-corrected chi connectivity index (χ2v) is 8.07. The second kappa shape index (κ2) is 5.09. The summed E-state index contributed by atoms with van der Waals surface area (Å²) in [6, 6.07) is 7.42. The van der Waals surface area contributed by atoms with Crippen molar-refractivity contribution in [2.75, 3.05) is 0 Å². The highest BCUT2D eigenvalue weighted by atomic mass is 79.9. The molecule has 0 spiro atoms. The zero-order valence-corrected chi connectivity index (χ0v) is 13.8. The fourth-order valence-electron chi connectivity index (χ4n) is 1.99. The topological polar surface area (TPSA) is 46.2 Å². The minimum Gasteiger partial charge on any atom is -0.207 e. The molecule has 2 aromatic rings. The van der Waals surface area contributed by atoms with Crippen LogP contribution in [0.4, 0.5) is 4.39 Å². The van der Waals surface area contributed by atoms with Gasteiger partial charge in [0.25, 0.3) is 0 Å². The Morgan fingerprint density at radius 3 is 2.40 bits per heavy atom. The molecule has 0 aliphatic rings. The van der Waals surface area contributed by atoms with Crippen LogP contribution < -0.4 is 4.72 Å². The van der Waals surface area contributed by atoms with E-state index in [0.717, 1.165) is 0 Å². The molecule has 108 valence electrons. The first-order valence-electron chi connectivity index (χ1n) is 6.02. The third-order valence-electron chi connectivity index (χ3n) is 2.63. The van der Waals surface area contributed by atoms with Crippen LogP contribution in [-0.4, -0.2) is 14.0 Å². The van der Waals surface area contributed by atoms with Gasteiger partial charge < -0.3 is 0 Å². The van der Waals surface area contributed by atoms with Gasteiger partial charge in [-0.25, -0.2) is 17.5 Å². The van der Waals surface area contributed by atoms with Gasteiger partial charge in [0.2, 0.25) is 10.0 Å². The van der Waals surface area contributed by atoms with Crippen molar-refractivity contribution in [2.24, 2.45) is 0 Å². The molecule has 0 saturated carbocycles. The molecule has 0 heterocycles. The van der Waals surface area contributed by atoms with Crippen molar-refractivity contribution in [3.8, 4) is 0 Å². The molecule has 6 heteroatoms. The Hall–Kier alpha value is -0.980. The Morgan fingerprint density at radius 2 is 1.80 bits per heavy atom. The quantitative estimate of drug-likeness (QED) is 0.885. The summed E-state index contributed by atoms with van der Waals surface area (Å²) in [7, 11) is -3.72. The minimum absolute atomic E-state index is 0.0742. The molecule has 0 aliphatic carbocycles. The molecule has 0 aliphatic heterocycles. The van der Waals surface area contributed by atoms with E-state index in [9.17, 15) is 12.8 Å². The number of sulfonamides is 1. The van der Waals surface area contributed by atoms with E-state index in [1.54, 1.807) is 32.9 Å². The molecule has 0 atom stereocenters. The minimum atomic E-state index is -3.72. The van der Waals surface area contributed by atoms with Crippen molar-refractivity contribution in [3.63, 3.8) is 0 Å². The van der Waals surface area contributed by atoms with Gasteiger partial charge in [-0.2, -0.15) is 0 Å². The zero-order valence-electron chi connectivity index (χ0n) is 11.4. The molecular formula is C14H15BrFNO2S. The Morgan fingerprint density at radius 1 is 1.15 bits per heavy atom.